The Labute approximate surface area is 191 Å². The monoisotopic (exact) mass is 446 g/mol. The Morgan fingerprint density at radius 3 is 2.69 bits per heavy atom. The maximum Gasteiger partial charge on any atom is 0.210 e. The molecule has 3 rings (SSSR count). The fourth-order valence-corrected chi connectivity index (χ4v) is 3.13. The minimum absolute atomic E-state index is 0.0448. The number of pyridine rings is 1. The van der Waals surface area contributed by atoms with E-state index in [0.717, 1.165) is 0 Å². The number of Topliss-reactive ketones (excluding diaryl/α,β-unsaturated/α-hetero) is 1. The molecule has 0 spiro atoms. The lowest BCUT2D eigenvalue weighted by Crippen LogP contribution is -2.43. The van der Waals surface area contributed by atoms with Crippen molar-refractivity contribution in [2.45, 2.75) is 6.04 Å². The number of dihydropyridines is 1. The van der Waals surface area contributed by atoms with Crippen molar-refractivity contribution in [2.24, 2.45) is 4.40 Å². The average Bonchev–Trinajstić information content (AvgIpc) is 2.84. The predicted molar refractivity (Wildman–Crippen MR) is 130 cm³/mol. The van der Waals surface area contributed by atoms with Crippen molar-refractivity contribution in [3.05, 3.63) is 90.6 Å². The summed E-state index contributed by atoms with van der Waals surface area (Å²) in [5.74, 6) is -0.147. The standard InChI is InChI=1S/C23H22N6O2S/c1-31-18-11-17(13-26-14-18)28-22(19(24)12-16-9-5-6-10-27-16)23(30)20(25)21(29-32)15-7-3-2-4-8-15/h2-14,22,24-25,27-28,32H,1H3/b16-12-,24-19?,25-20?,29-21-. The predicted octanol–water partition coefficient (Wildman–Crippen LogP) is 3.37. The van der Waals surface area contributed by atoms with E-state index in [1.54, 1.807) is 42.6 Å². The van der Waals surface area contributed by atoms with Crippen LogP contribution >= 0.6 is 12.8 Å². The molecule has 0 saturated heterocycles. The van der Waals surface area contributed by atoms with Crippen LogP contribution < -0.4 is 15.4 Å². The average molecular weight is 447 g/mol. The summed E-state index contributed by atoms with van der Waals surface area (Å²) < 4.78 is 9.05. The Hall–Kier alpha value is -3.98. The molecule has 0 aliphatic carbocycles. The van der Waals surface area contributed by atoms with E-state index in [9.17, 15) is 4.79 Å². The fourth-order valence-electron chi connectivity index (χ4n) is 2.92. The molecule has 8 nitrogen and oxygen atoms in total. The molecule has 0 amide bonds. The first-order valence-electron chi connectivity index (χ1n) is 9.59. The third kappa shape index (κ3) is 5.58. The Kier molecular flexibility index (Phi) is 7.71. The number of benzene rings is 1. The lowest BCUT2D eigenvalue weighted by molar-refractivity contribution is -0.112. The lowest BCUT2D eigenvalue weighted by atomic mass is 9.95. The first-order chi connectivity index (χ1) is 15.5. The van der Waals surface area contributed by atoms with Gasteiger partial charge >= 0.3 is 0 Å². The van der Waals surface area contributed by atoms with Gasteiger partial charge in [-0.25, -0.2) is 4.40 Å². The Bertz CT molecular complexity index is 1140. The molecule has 0 fully saturated rings. The van der Waals surface area contributed by atoms with Gasteiger partial charge in [-0.3, -0.25) is 15.2 Å². The molecule has 1 atom stereocenters. The number of ether oxygens (including phenoxy) is 1. The van der Waals surface area contributed by atoms with Gasteiger partial charge in [0.1, 0.15) is 23.2 Å². The van der Waals surface area contributed by atoms with E-state index in [1.165, 1.54) is 25.6 Å². The van der Waals surface area contributed by atoms with E-state index in [1.807, 2.05) is 18.2 Å². The molecule has 1 aliphatic rings. The number of hydrogen-bond acceptors (Lipinski definition) is 9. The third-order valence-corrected chi connectivity index (χ3v) is 4.71. The number of nitrogens with zero attached hydrogens (tertiary/aromatic N) is 2. The zero-order valence-electron chi connectivity index (χ0n) is 17.2. The van der Waals surface area contributed by atoms with Gasteiger partial charge in [-0.05, 0) is 31.0 Å². The number of carbonyl (C=O) groups is 1. The first kappa shape index (κ1) is 22.7. The second-order valence-electron chi connectivity index (χ2n) is 6.66. The Morgan fingerprint density at radius 1 is 1.25 bits per heavy atom. The molecule has 9 heteroatoms. The molecule has 0 bridgehead atoms. The van der Waals surface area contributed by atoms with Gasteiger partial charge in [0.15, 0.2) is 0 Å². The van der Waals surface area contributed by atoms with E-state index in [-0.39, 0.29) is 17.1 Å². The van der Waals surface area contributed by atoms with Crippen LogP contribution in [0.25, 0.3) is 0 Å². The van der Waals surface area contributed by atoms with E-state index in [4.69, 9.17) is 15.6 Å². The number of hydrogen-bond donors (Lipinski definition) is 5. The zero-order valence-corrected chi connectivity index (χ0v) is 18.1. The summed E-state index contributed by atoms with van der Waals surface area (Å²) >= 11 is 3.97. The van der Waals surface area contributed by atoms with Crippen LogP contribution in [0.1, 0.15) is 5.56 Å². The highest BCUT2D eigenvalue weighted by Crippen LogP contribution is 2.17. The molecular formula is C23H22N6O2S. The highest BCUT2D eigenvalue weighted by Gasteiger charge is 2.29. The van der Waals surface area contributed by atoms with E-state index in [2.05, 4.69) is 32.8 Å². The third-order valence-electron chi connectivity index (χ3n) is 4.51. The first-order valence-corrected chi connectivity index (χ1v) is 9.99. The fraction of sp³-hybridized carbons (Fsp3) is 0.0870. The van der Waals surface area contributed by atoms with Gasteiger partial charge in [0.25, 0.3) is 0 Å². The summed E-state index contributed by atoms with van der Waals surface area (Å²) in [7, 11) is 1.51. The van der Waals surface area contributed by atoms with Gasteiger partial charge in [0, 0.05) is 23.5 Å². The number of aromatic nitrogens is 1. The minimum atomic E-state index is -1.17. The number of allylic oxidation sites excluding steroid dienone is 3. The van der Waals surface area contributed by atoms with Crippen molar-refractivity contribution in [3.63, 3.8) is 0 Å². The normalized spacial score (nSPS) is 15.1. The van der Waals surface area contributed by atoms with E-state index < -0.39 is 11.8 Å². The van der Waals surface area contributed by atoms with Crippen LogP contribution in [0.3, 0.4) is 0 Å². The van der Waals surface area contributed by atoms with Gasteiger partial charge in [-0.15, -0.1) is 0 Å². The molecule has 4 N–H and O–H groups in total. The summed E-state index contributed by atoms with van der Waals surface area (Å²) in [6, 6.07) is 9.35. The molecule has 2 heterocycles. The van der Waals surface area contributed by atoms with Crippen LogP contribution in [0.4, 0.5) is 5.69 Å². The second kappa shape index (κ2) is 10.9. The molecule has 0 saturated carbocycles. The van der Waals surface area contributed by atoms with Crippen molar-refractivity contribution >= 4 is 41.4 Å². The molecule has 2 aromatic rings. The van der Waals surface area contributed by atoms with Crippen LogP contribution in [0.5, 0.6) is 5.75 Å². The lowest BCUT2D eigenvalue weighted by Gasteiger charge is -2.20. The van der Waals surface area contributed by atoms with Gasteiger partial charge in [-0.1, -0.05) is 36.4 Å². The van der Waals surface area contributed by atoms with Crippen molar-refractivity contribution in [1.29, 1.82) is 10.8 Å². The van der Waals surface area contributed by atoms with Gasteiger partial charge in [0.05, 0.1) is 30.9 Å². The SMILES string of the molecule is COc1cncc(NC(C(=N)/C=C2/C=CC=CN2)C(=O)C(=N)/C(=N\S)c2ccccc2)c1. The largest absolute Gasteiger partial charge is 0.495 e. The molecule has 0 radical (unpaired) electrons. The minimum Gasteiger partial charge on any atom is -0.495 e. The van der Waals surface area contributed by atoms with Gasteiger partial charge in [-0.2, -0.15) is 0 Å². The number of carbonyl (C=O) groups excluding carboxylic acids is 1. The highest BCUT2D eigenvalue weighted by molar-refractivity contribution is 7.79. The van der Waals surface area contributed by atoms with E-state index >= 15 is 0 Å². The van der Waals surface area contributed by atoms with E-state index in [0.29, 0.717) is 22.7 Å². The van der Waals surface area contributed by atoms with Crippen molar-refractivity contribution < 1.29 is 9.53 Å². The molecular weight excluding hydrogens is 424 g/mol. The highest BCUT2D eigenvalue weighted by atomic mass is 32.1. The summed E-state index contributed by atoms with van der Waals surface area (Å²) in [5, 5.41) is 23.1. The molecule has 32 heavy (non-hydrogen) atoms. The number of nitrogens with one attached hydrogen (secondary N) is 4. The topological polar surface area (TPSA) is 123 Å². The quantitative estimate of drug-likeness (QED) is 0.298. The molecule has 1 aromatic heterocycles. The summed E-state index contributed by atoms with van der Waals surface area (Å²) in [4.78, 5) is 17.5. The van der Waals surface area contributed by atoms with Crippen molar-refractivity contribution in [2.75, 3.05) is 12.4 Å². The summed E-state index contributed by atoms with van der Waals surface area (Å²) in [6.45, 7) is 0. The van der Waals surface area contributed by atoms with Crippen LogP contribution in [0.15, 0.2) is 89.4 Å². The number of thiol groups is 1. The summed E-state index contributed by atoms with van der Waals surface area (Å²) in [5.41, 5.74) is 1.39. The maximum absolute atomic E-state index is 13.4. The van der Waals surface area contributed by atoms with Crippen LogP contribution in [0, 0.1) is 10.8 Å². The van der Waals surface area contributed by atoms with Gasteiger partial charge < -0.3 is 20.8 Å². The zero-order chi connectivity index (χ0) is 22.9. The van der Waals surface area contributed by atoms with Crippen LogP contribution in [-0.2, 0) is 4.79 Å². The van der Waals surface area contributed by atoms with Crippen molar-refractivity contribution in [3.8, 4) is 5.75 Å². The number of ketones is 1. The summed E-state index contributed by atoms with van der Waals surface area (Å²) in [6.07, 6.45) is 11.7. The van der Waals surface area contributed by atoms with Crippen molar-refractivity contribution in [1.82, 2.24) is 10.3 Å². The smallest absolute Gasteiger partial charge is 0.210 e. The molecule has 1 aromatic carbocycles. The van der Waals surface area contributed by atoms with Crippen LogP contribution in [-0.4, -0.2) is 41.1 Å². The number of anilines is 1. The molecule has 1 aliphatic heterocycles. The number of methoxy groups -OCH3 is 1. The Balaban J connectivity index is 1.93. The maximum atomic E-state index is 13.4. The second-order valence-corrected chi connectivity index (χ2v) is 6.86. The van der Waals surface area contributed by atoms with Gasteiger partial charge in [0.2, 0.25) is 5.78 Å². The molecule has 1 unspecified atom stereocenters. The van der Waals surface area contributed by atoms with Crippen LogP contribution in [0.2, 0.25) is 0 Å². The number of rotatable bonds is 9. The Morgan fingerprint density at radius 2 is 2.03 bits per heavy atom. The molecule has 162 valence electrons.